The number of nitrogens with zero attached hydrogens (tertiary/aromatic N) is 1. The maximum absolute atomic E-state index is 13.0. The number of carbonyl (C=O) groups is 3. The van der Waals surface area contributed by atoms with Crippen LogP contribution in [0.1, 0.15) is 57.8 Å². The second kappa shape index (κ2) is 8.77. The molecule has 1 saturated heterocycles. The molecule has 2 N–H and O–H groups in total. The lowest BCUT2D eigenvalue weighted by Gasteiger charge is -2.32. The van der Waals surface area contributed by atoms with Crippen LogP contribution in [0, 0.1) is 19.8 Å². The summed E-state index contributed by atoms with van der Waals surface area (Å²) in [6, 6.07) is 0.134. The lowest BCUT2D eigenvalue weighted by molar-refractivity contribution is -0.123. The molecule has 0 aromatic carbocycles. The van der Waals surface area contributed by atoms with Crippen molar-refractivity contribution in [2.75, 3.05) is 33.4 Å². The SMILES string of the molecule is COCCOC(=O)c1c(C)[nH]c(C(=O)N2CCC(NC(=O)C3CC3)CC2)c1C. The summed E-state index contributed by atoms with van der Waals surface area (Å²) in [5, 5.41) is 3.09. The first-order valence-corrected chi connectivity index (χ1v) is 9.87. The average Bonchev–Trinajstić information content (AvgIpc) is 3.47. The largest absolute Gasteiger partial charge is 0.460 e. The Morgan fingerprint density at radius 2 is 1.79 bits per heavy atom. The first kappa shape index (κ1) is 20.4. The van der Waals surface area contributed by atoms with Crippen LogP contribution in [0.3, 0.4) is 0 Å². The summed E-state index contributed by atoms with van der Waals surface area (Å²) >= 11 is 0. The third-order valence-electron chi connectivity index (χ3n) is 5.45. The van der Waals surface area contributed by atoms with E-state index in [2.05, 4.69) is 10.3 Å². The molecule has 28 heavy (non-hydrogen) atoms. The Bertz CT molecular complexity index is 745. The first-order valence-electron chi connectivity index (χ1n) is 9.87. The molecule has 1 aliphatic heterocycles. The zero-order valence-corrected chi connectivity index (χ0v) is 16.8. The van der Waals surface area contributed by atoms with Crippen LogP contribution < -0.4 is 5.32 Å². The molecule has 0 bridgehead atoms. The summed E-state index contributed by atoms with van der Waals surface area (Å²) in [6.45, 7) is 5.18. The molecular weight excluding hydrogens is 362 g/mol. The zero-order chi connectivity index (χ0) is 20.3. The molecule has 2 heterocycles. The minimum atomic E-state index is -0.455. The van der Waals surface area contributed by atoms with Crippen LogP contribution in [0.4, 0.5) is 0 Å². The number of esters is 1. The Hall–Kier alpha value is -2.35. The van der Waals surface area contributed by atoms with E-state index < -0.39 is 5.97 Å². The molecule has 0 atom stereocenters. The molecule has 1 aromatic rings. The highest BCUT2D eigenvalue weighted by molar-refractivity contribution is 6.00. The molecular formula is C20H29N3O5. The third kappa shape index (κ3) is 4.55. The minimum absolute atomic E-state index is 0.122. The maximum atomic E-state index is 13.0. The monoisotopic (exact) mass is 391 g/mol. The lowest BCUT2D eigenvalue weighted by Crippen LogP contribution is -2.47. The second-order valence-corrected chi connectivity index (χ2v) is 7.60. The van der Waals surface area contributed by atoms with E-state index in [4.69, 9.17) is 9.47 Å². The number of amides is 2. The van der Waals surface area contributed by atoms with Crippen molar-refractivity contribution in [3.8, 4) is 0 Å². The summed E-state index contributed by atoms with van der Waals surface area (Å²) in [4.78, 5) is 42.0. The quantitative estimate of drug-likeness (QED) is 0.543. The fourth-order valence-corrected chi connectivity index (χ4v) is 3.61. The number of nitrogens with one attached hydrogen (secondary N) is 2. The molecule has 1 aromatic heterocycles. The first-order chi connectivity index (χ1) is 13.4. The molecule has 0 spiro atoms. The van der Waals surface area contributed by atoms with E-state index in [-0.39, 0.29) is 30.4 Å². The predicted molar refractivity (Wildman–Crippen MR) is 102 cm³/mol. The van der Waals surface area contributed by atoms with Crippen LogP contribution >= 0.6 is 0 Å². The van der Waals surface area contributed by atoms with Crippen molar-refractivity contribution in [1.82, 2.24) is 15.2 Å². The highest BCUT2D eigenvalue weighted by Gasteiger charge is 2.33. The number of likely N-dealkylation sites (tertiary alicyclic amines) is 1. The van der Waals surface area contributed by atoms with Gasteiger partial charge >= 0.3 is 5.97 Å². The number of aryl methyl sites for hydroxylation is 1. The second-order valence-electron chi connectivity index (χ2n) is 7.60. The van der Waals surface area contributed by atoms with Crippen molar-refractivity contribution in [3.63, 3.8) is 0 Å². The van der Waals surface area contributed by atoms with Gasteiger partial charge in [-0.3, -0.25) is 9.59 Å². The molecule has 8 heteroatoms. The third-order valence-corrected chi connectivity index (χ3v) is 5.45. The van der Waals surface area contributed by atoms with Crippen LogP contribution in [0.25, 0.3) is 0 Å². The number of aromatic nitrogens is 1. The van der Waals surface area contributed by atoms with Gasteiger partial charge in [0, 0.05) is 37.9 Å². The van der Waals surface area contributed by atoms with E-state index >= 15 is 0 Å². The van der Waals surface area contributed by atoms with Gasteiger partial charge in [-0.15, -0.1) is 0 Å². The molecule has 1 aliphatic carbocycles. The van der Waals surface area contributed by atoms with Crippen LogP contribution in [0.5, 0.6) is 0 Å². The van der Waals surface area contributed by atoms with Gasteiger partial charge in [0.1, 0.15) is 12.3 Å². The number of H-pyrrole nitrogens is 1. The van der Waals surface area contributed by atoms with Gasteiger partial charge in [0.2, 0.25) is 5.91 Å². The van der Waals surface area contributed by atoms with Crippen molar-refractivity contribution in [1.29, 1.82) is 0 Å². The molecule has 0 unspecified atom stereocenters. The molecule has 1 saturated carbocycles. The van der Waals surface area contributed by atoms with Gasteiger partial charge < -0.3 is 24.7 Å². The zero-order valence-electron chi connectivity index (χ0n) is 16.8. The number of rotatable bonds is 7. The molecule has 2 aliphatic rings. The lowest BCUT2D eigenvalue weighted by atomic mass is 10.0. The summed E-state index contributed by atoms with van der Waals surface area (Å²) in [5.74, 6) is -0.226. The van der Waals surface area contributed by atoms with Crippen molar-refractivity contribution in [2.24, 2.45) is 5.92 Å². The van der Waals surface area contributed by atoms with E-state index in [1.807, 2.05) is 0 Å². The van der Waals surface area contributed by atoms with E-state index in [0.717, 1.165) is 25.7 Å². The van der Waals surface area contributed by atoms with E-state index in [0.29, 0.717) is 42.2 Å². The summed E-state index contributed by atoms with van der Waals surface area (Å²) in [5.41, 5.74) is 2.06. The van der Waals surface area contributed by atoms with Gasteiger partial charge in [-0.2, -0.15) is 0 Å². The van der Waals surface area contributed by atoms with Crippen molar-refractivity contribution in [3.05, 3.63) is 22.5 Å². The highest BCUT2D eigenvalue weighted by atomic mass is 16.6. The van der Waals surface area contributed by atoms with Crippen LogP contribution in [0.2, 0.25) is 0 Å². The van der Waals surface area contributed by atoms with E-state index in [1.165, 1.54) is 7.11 Å². The Labute approximate surface area is 164 Å². The molecule has 2 fully saturated rings. The van der Waals surface area contributed by atoms with Crippen LogP contribution in [-0.2, 0) is 14.3 Å². The maximum Gasteiger partial charge on any atom is 0.340 e. The molecule has 2 amide bonds. The summed E-state index contributed by atoms with van der Waals surface area (Å²) < 4.78 is 10.1. The average molecular weight is 391 g/mol. The molecule has 8 nitrogen and oxygen atoms in total. The number of ether oxygens (including phenoxy) is 2. The normalized spacial score (nSPS) is 17.5. The molecule has 3 rings (SSSR count). The van der Waals surface area contributed by atoms with E-state index in [9.17, 15) is 14.4 Å². The Morgan fingerprint density at radius 3 is 2.39 bits per heavy atom. The fraction of sp³-hybridized carbons (Fsp3) is 0.650. The van der Waals surface area contributed by atoms with Crippen molar-refractivity contribution >= 4 is 17.8 Å². The van der Waals surface area contributed by atoms with Crippen molar-refractivity contribution in [2.45, 2.75) is 45.6 Å². The minimum Gasteiger partial charge on any atom is -0.460 e. The topological polar surface area (TPSA) is 101 Å². The van der Waals surface area contributed by atoms with Crippen molar-refractivity contribution < 1.29 is 23.9 Å². The number of carbonyl (C=O) groups excluding carboxylic acids is 3. The fourth-order valence-electron chi connectivity index (χ4n) is 3.61. The van der Waals surface area contributed by atoms with Gasteiger partial charge in [0.25, 0.3) is 5.91 Å². The van der Waals surface area contributed by atoms with Gasteiger partial charge in [-0.05, 0) is 45.1 Å². The van der Waals surface area contributed by atoms with Gasteiger partial charge in [0.05, 0.1) is 12.2 Å². The summed E-state index contributed by atoms with van der Waals surface area (Å²) in [7, 11) is 1.54. The number of aromatic amines is 1. The number of piperidine rings is 1. The van der Waals surface area contributed by atoms with E-state index in [1.54, 1.807) is 18.7 Å². The predicted octanol–water partition coefficient (Wildman–Crippen LogP) is 1.57. The van der Waals surface area contributed by atoms with Crippen LogP contribution in [0.15, 0.2) is 0 Å². The van der Waals surface area contributed by atoms with Crippen LogP contribution in [-0.4, -0.2) is 67.1 Å². The molecule has 154 valence electrons. The molecule has 0 radical (unpaired) electrons. The number of hydrogen-bond acceptors (Lipinski definition) is 5. The Morgan fingerprint density at radius 1 is 1.11 bits per heavy atom. The van der Waals surface area contributed by atoms with Gasteiger partial charge in [-0.25, -0.2) is 4.79 Å². The summed E-state index contributed by atoms with van der Waals surface area (Å²) in [6.07, 6.45) is 3.47. The Kier molecular flexibility index (Phi) is 6.39. The standard InChI is InChI=1S/C20H29N3O5/c1-12-16(20(26)28-11-10-27-3)13(2)21-17(12)19(25)23-8-6-15(7-9-23)22-18(24)14-4-5-14/h14-15,21H,4-11H2,1-3H3,(H,22,24). The highest BCUT2D eigenvalue weighted by Crippen LogP contribution is 2.29. The van der Waals surface area contributed by atoms with Gasteiger partial charge in [0.15, 0.2) is 0 Å². The Balaban J connectivity index is 1.59. The smallest absolute Gasteiger partial charge is 0.340 e. The number of hydrogen-bond donors (Lipinski definition) is 2. The van der Waals surface area contributed by atoms with Gasteiger partial charge in [-0.1, -0.05) is 0 Å². The number of methoxy groups -OCH3 is 1.